The Morgan fingerprint density at radius 1 is 1.39 bits per heavy atom. The summed E-state index contributed by atoms with van der Waals surface area (Å²) in [5.41, 5.74) is 2.28. The summed E-state index contributed by atoms with van der Waals surface area (Å²) < 4.78 is 5.85. The van der Waals surface area contributed by atoms with E-state index in [1.807, 2.05) is 18.5 Å². The van der Waals surface area contributed by atoms with E-state index >= 15 is 0 Å². The average molecular weight is 261 g/mol. The van der Waals surface area contributed by atoms with Gasteiger partial charge in [0.05, 0.1) is 6.54 Å². The molecule has 5 heteroatoms. The van der Waals surface area contributed by atoms with Gasteiger partial charge >= 0.3 is 0 Å². The Bertz CT molecular complexity index is 515. The van der Waals surface area contributed by atoms with Gasteiger partial charge in [-0.2, -0.15) is 0 Å². The molecule has 2 aromatic heterocycles. The zero-order chi connectivity index (χ0) is 12.4. The second kappa shape index (κ2) is 4.94. The molecule has 0 aliphatic carbocycles. The number of anilines is 1. The average Bonchev–Trinajstić information content (AvgIpc) is 3.01. The lowest BCUT2D eigenvalue weighted by Crippen LogP contribution is -2.24. The van der Waals surface area contributed by atoms with Gasteiger partial charge in [0.15, 0.2) is 0 Å². The number of ether oxygens (including phenoxy) is 1. The van der Waals surface area contributed by atoms with Gasteiger partial charge in [-0.1, -0.05) is 11.3 Å². The Hall–Kier alpha value is -1.62. The van der Waals surface area contributed by atoms with Crippen LogP contribution in [-0.2, 0) is 0 Å². The predicted molar refractivity (Wildman–Crippen MR) is 72.3 cm³/mol. The third-order valence-corrected chi connectivity index (χ3v) is 3.73. The summed E-state index contributed by atoms with van der Waals surface area (Å²) in [7, 11) is 0. The lowest BCUT2D eigenvalue weighted by Gasteiger charge is -2.18. The Balaban J connectivity index is 1.65. The van der Waals surface area contributed by atoms with Crippen LogP contribution in [-0.4, -0.2) is 29.2 Å². The van der Waals surface area contributed by atoms with Crippen molar-refractivity contribution in [1.29, 1.82) is 0 Å². The molecule has 0 radical (unpaired) electrons. The van der Waals surface area contributed by atoms with Crippen LogP contribution >= 0.6 is 11.3 Å². The summed E-state index contributed by atoms with van der Waals surface area (Å²) in [5, 5.41) is 2.71. The highest BCUT2D eigenvalue weighted by atomic mass is 32.1. The molecule has 0 amide bonds. The lowest BCUT2D eigenvalue weighted by atomic mass is 10.3. The highest BCUT2D eigenvalue weighted by Crippen LogP contribution is 2.24. The first kappa shape index (κ1) is 11.5. The Labute approximate surface area is 110 Å². The van der Waals surface area contributed by atoms with Crippen LogP contribution in [0.4, 0.5) is 5.69 Å². The predicted octanol–water partition coefficient (Wildman–Crippen LogP) is 2.50. The number of aromatic nitrogens is 2. The highest BCUT2D eigenvalue weighted by Gasteiger charge is 2.24. The van der Waals surface area contributed by atoms with Crippen LogP contribution in [0.5, 0.6) is 5.19 Å². The molecule has 0 bridgehead atoms. The van der Waals surface area contributed by atoms with Gasteiger partial charge < -0.3 is 9.64 Å². The third kappa shape index (κ3) is 2.46. The molecular weight excluding hydrogens is 246 g/mol. The van der Waals surface area contributed by atoms with E-state index in [2.05, 4.69) is 27.0 Å². The first-order valence-corrected chi connectivity index (χ1v) is 6.93. The van der Waals surface area contributed by atoms with Gasteiger partial charge in [-0.05, 0) is 19.1 Å². The fourth-order valence-corrected chi connectivity index (χ4v) is 2.75. The SMILES string of the molecule is Cc1cc(N2CCC(Oc3nccs3)C2)ccn1. The molecule has 1 saturated heterocycles. The molecule has 2 aromatic rings. The number of aryl methyl sites for hydroxylation is 1. The van der Waals surface area contributed by atoms with E-state index in [9.17, 15) is 0 Å². The van der Waals surface area contributed by atoms with Crippen LogP contribution < -0.4 is 9.64 Å². The molecule has 1 aliphatic rings. The number of hydrogen-bond donors (Lipinski definition) is 0. The van der Waals surface area contributed by atoms with Crippen LogP contribution in [0.25, 0.3) is 0 Å². The standard InChI is InChI=1S/C13H15N3OS/c1-10-8-11(2-4-14-10)16-6-3-12(9-16)17-13-15-5-7-18-13/h2,4-5,7-8,12H,3,6,9H2,1H3. The maximum Gasteiger partial charge on any atom is 0.273 e. The van der Waals surface area contributed by atoms with Gasteiger partial charge in [-0.25, -0.2) is 4.98 Å². The van der Waals surface area contributed by atoms with E-state index in [1.54, 1.807) is 17.5 Å². The van der Waals surface area contributed by atoms with Crippen molar-refractivity contribution in [3.63, 3.8) is 0 Å². The number of hydrogen-bond acceptors (Lipinski definition) is 5. The third-order valence-electron chi connectivity index (χ3n) is 3.07. The van der Waals surface area contributed by atoms with Crippen molar-refractivity contribution in [2.24, 2.45) is 0 Å². The monoisotopic (exact) mass is 261 g/mol. The van der Waals surface area contributed by atoms with E-state index in [0.29, 0.717) is 0 Å². The molecule has 1 unspecified atom stereocenters. The Kier molecular flexibility index (Phi) is 3.15. The molecule has 0 saturated carbocycles. The zero-order valence-electron chi connectivity index (χ0n) is 10.2. The first-order chi connectivity index (χ1) is 8.81. The van der Waals surface area contributed by atoms with Gasteiger partial charge in [0, 0.05) is 42.1 Å². The van der Waals surface area contributed by atoms with Crippen molar-refractivity contribution >= 4 is 17.0 Å². The van der Waals surface area contributed by atoms with Crippen molar-refractivity contribution in [3.8, 4) is 5.19 Å². The molecule has 1 atom stereocenters. The topological polar surface area (TPSA) is 38.2 Å². The zero-order valence-corrected chi connectivity index (χ0v) is 11.1. The number of nitrogens with zero attached hydrogens (tertiary/aromatic N) is 3. The normalized spacial score (nSPS) is 19.2. The minimum Gasteiger partial charge on any atom is -0.465 e. The maximum absolute atomic E-state index is 5.85. The van der Waals surface area contributed by atoms with Crippen molar-refractivity contribution in [2.45, 2.75) is 19.4 Å². The van der Waals surface area contributed by atoms with E-state index in [0.717, 1.165) is 30.4 Å². The van der Waals surface area contributed by atoms with E-state index in [4.69, 9.17) is 4.74 Å². The molecule has 1 aliphatic heterocycles. The minimum atomic E-state index is 0.240. The maximum atomic E-state index is 5.85. The molecule has 3 rings (SSSR count). The summed E-state index contributed by atoms with van der Waals surface area (Å²) in [4.78, 5) is 10.7. The van der Waals surface area contributed by atoms with Gasteiger partial charge in [0.1, 0.15) is 6.10 Å². The summed E-state index contributed by atoms with van der Waals surface area (Å²) >= 11 is 1.55. The van der Waals surface area contributed by atoms with Gasteiger partial charge in [0.2, 0.25) is 0 Å². The molecule has 4 nitrogen and oxygen atoms in total. The van der Waals surface area contributed by atoms with Crippen LogP contribution in [0.15, 0.2) is 29.9 Å². The van der Waals surface area contributed by atoms with Gasteiger partial charge in [-0.3, -0.25) is 4.98 Å². The number of thiazole rings is 1. The van der Waals surface area contributed by atoms with Crippen molar-refractivity contribution in [1.82, 2.24) is 9.97 Å². The Morgan fingerprint density at radius 3 is 3.11 bits per heavy atom. The summed E-state index contributed by atoms with van der Waals surface area (Å²) in [6.45, 7) is 3.96. The van der Waals surface area contributed by atoms with Crippen LogP contribution in [0.2, 0.25) is 0 Å². The molecule has 1 fully saturated rings. The Morgan fingerprint density at radius 2 is 2.33 bits per heavy atom. The van der Waals surface area contributed by atoms with E-state index < -0.39 is 0 Å². The van der Waals surface area contributed by atoms with Crippen molar-refractivity contribution in [3.05, 3.63) is 35.6 Å². The van der Waals surface area contributed by atoms with Crippen molar-refractivity contribution in [2.75, 3.05) is 18.0 Å². The minimum absolute atomic E-state index is 0.240. The largest absolute Gasteiger partial charge is 0.465 e. The van der Waals surface area contributed by atoms with Gasteiger partial charge in [-0.15, -0.1) is 0 Å². The van der Waals surface area contributed by atoms with Crippen LogP contribution in [0.3, 0.4) is 0 Å². The summed E-state index contributed by atoms with van der Waals surface area (Å²) in [6, 6.07) is 4.17. The van der Waals surface area contributed by atoms with E-state index in [-0.39, 0.29) is 6.10 Å². The van der Waals surface area contributed by atoms with E-state index in [1.165, 1.54) is 5.69 Å². The second-order valence-electron chi connectivity index (χ2n) is 4.43. The van der Waals surface area contributed by atoms with Crippen molar-refractivity contribution < 1.29 is 4.74 Å². The number of pyridine rings is 1. The fourth-order valence-electron chi connectivity index (χ4n) is 2.20. The molecule has 3 heterocycles. The smallest absolute Gasteiger partial charge is 0.273 e. The highest BCUT2D eigenvalue weighted by molar-refractivity contribution is 7.11. The molecule has 18 heavy (non-hydrogen) atoms. The quantitative estimate of drug-likeness (QED) is 0.851. The fraction of sp³-hybridized carbons (Fsp3) is 0.385. The van der Waals surface area contributed by atoms with Crippen LogP contribution in [0, 0.1) is 6.92 Å². The summed E-state index contributed by atoms with van der Waals surface area (Å²) in [5.74, 6) is 0. The van der Waals surface area contributed by atoms with Crippen LogP contribution in [0.1, 0.15) is 12.1 Å². The molecular formula is C13H15N3OS. The molecule has 0 spiro atoms. The first-order valence-electron chi connectivity index (χ1n) is 6.05. The van der Waals surface area contributed by atoms with Gasteiger partial charge in [0.25, 0.3) is 5.19 Å². The lowest BCUT2D eigenvalue weighted by molar-refractivity contribution is 0.224. The molecule has 0 aromatic carbocycles. The second-order valence-corrected chi connectivity index (χ2v) is 5.29. The summed E-state index contributed by atoms with van der Waals surface area (Å²) in [6.07, 6.45) is 4.92. The molecule has 0 N–H and O–H groups in total. The number of rotatable bonds is 3. The molecule has 94 valence electrons.